The molecule has 0 saturated carbocycles. The summed E-state index contributed by atoms with van der Waals surface area (Å²) in [4.78, 5) is 15.5. The minimum Gasteiger partial charge on any atom is -0.488 e. The Hall–Kier alpha value is -4.46. The third kappa shape index (κ3) is 6.96. The smallest absolute Gasteiger partial charge is 0.323 e. The van der Waals surface area contributed by atoms with Crippen LogP contribution in [0.2, 0.25) is 5.02 Å². The van der Waals surface area contributed by atoms with Gasteiger partial charge >= 0.3 is 5.97 Å². The van der Waals surface area contributed by atoms with E-state index in [1.54, 1.807) is 24.4 Å². The van der Waals surface area contributed by atoms with Gasteiger partial charge in [-0.2, -0.15) is 5.26 Å². The molecule has 0 unspecified atom stereocenters. The Bertz CT molecular complexity index is 1650. The van der Waals surface area contributed by atoms with Gasteiger partial charge < -0.3 is 24.8 Å². The number of aliphatic carboxylic acids is 1. The van der Waals surface area contributed by atoms with Gasteiger partial charge in [0.1, 0.15) is 36.3 Å². The topological polar surface area (TPSA) is 145 Å². The summed E-state index contributed by atoms with van der Waals surface area (Å²) < 4.78 is 12.6. The second-order valence-electron chi connectivity index (χ2n) is 10.2. The van der Waals surface area contributed by atoms with Crippen molar-refractivity contribution in [3.8, 4) is 28.7 Å². The minimum absolute atomic E-state index is 0.00484. The highest BCUT2D eigenvalue weighted by atomic mass is 35.5. The van der Waals surface area contributed by atoms with Crippen molar-refractivity contribution in [2.75, 3.05) is 6.61 Å². The predicted molar refractivity (Wildman–Crippen MR) is 160 cm³/mol. The number of fused-ring (bicyclic) bond motifs is 1. The van der Waals surface area contributed by atoms with Crippen molar-refractivity contribution in [2.24, 2.45) is 0 Å². The van der Waals surface area contributed by atoms with Gasteiger partial charge in [0.15, 0.2) is 0 Å². The molecule has 0 aliphatic heterocycles. The van der Waals surface area contributed by atoms with Crippen LogP contribution < -0.4 is 14.8 Å². The van der Waals surface area contributed by atoms with Gasteiger partial charge in [-0.1, -0.05) is 54.1 Å². The van der Waals surface area contributed by atoms with E-state index >= 15 is 0 Å². The van der Waals surface area contributed by atoms with Crippen LogP contribution in [-0.2, 0) is 31.0 Å². The van der Waals surface area contributed by atoms with E-state index in [2.05, 4.69) is 28.5 Å². The second-order valence-corrected chi connectivity index (χ2v) is 10.6. The second kappa shape index (κ2) is 13.7. The van der Waals surface area contributed by atoms with Gasteiger partial charge in [0.2, 0.25) is 0 Å². The van der Waals surface area contributed by atoms with E-state index < -0.39 is 18.6 Å². The molecule has 0 bridgehead atoms. The standard InChI is InChI=1S/C33H30ClN3O6/c34-28-11-24(16-37-29(18-39)33(40)41)31(42-19-22-10-21(13-35)14-36-15-22)12-32(28)43-30-9-8-26-25(2-1-3-27(26)30)23-6-4-20(17-38)5-7-23/h1-7,10-12,14-15,29-30,37-39H,8-9,16-19H2,(H,40,41)/t29-,30-/m0/s1. The molecule has 220 valence electrons. The molecule has 43 heavy (non-hydrogen) atoms. The molecule has 10 heteroatoms. The number of hydrogen-bond acceptors (Lipinski definition) is 8. The lowest BCUT2D eigenvalue weighted by molar-refractivity contribution is -0.140. The molecule has 0 spiro atoms. The fourth-order valence-electron chi connectivity index (χ4n) is 5.14. The Balaban J connectivity index is 1.41. The van der Waals surface area contributed by atoms with Crippen LogP contribution in [0.15, 0.2) is 73.1 Å². The molecule has 9 nitrogen and oxygen atoms in total. The normalized spacial score (nSPS) is 14.5. The highest BCUT2D eigenvalue weighted by Gasteiger charge is 2.28. The van der Waals surface area contributed by atoms with Crippen molar-refractivity contribution < 1.29 is 29.6 Å². The van der Waals surface area contributed by atoms with Crippen LogP contribution >= 0.6 is 11.6 Å². The molecule has 1 aliphatic carbocycles. The first-order chi connectivity index (χ1) is 20.9. The van der Waals surface area contributed by atoms with E-state index in [-0.39, 0.29) is 25.9 Å². The molecular formula is C33H30ClN3O6. The van der Waals surface area contributed by atoms with E-state index in [1.165, 1.54) is 11.8 Å². The molecule has 5 rings (SSSR count). The molecule has 0 fully saturated rings. The number of nitriles is 1. The van der Waals surface area contributed by atoms with E-state index in [0.717, 1.165) is 35.1 Å². The molecule has 3 aromatic carbocycles. The number of aliphatic hydroxyl groups is 2. The number of pyridine rings is 1. The SMILES string of the molecule is N#Cc1cncc(COc2cc(O[C@H]3CCc4c(-c5ccc(CO)cc5)cccc43)c(Cl)cc2CN[C@@H](CO)C(=O)O)c1. The highest BCUT2D eigenvalue weighted by Crippen LogP contribution is 2.43. The molecule has 4 N–H and O–H groups in total. The highest BCUT2D eigenvalue weighted by molar-refractivity contribution is 6.32. The van der Waals surface area contributed by atoms with E-state index in [4.69, 9.17) is 21.1 Å². The van der Waals surface area contributed by atoms with Crippen molar-refractivity contribution in [1.82, 2.24) is 10.3 Å². The van der Waals surface area contributed by atoms with Gasteiger partial charge in [0.05, 0.1) is 23.8 Å². The van der Waals surface area contributed by atoms with Gasteiger partial charge in [0, 0.05) is 36.1 Å². The van der Waals surface area contributed by atoms with E-state index in [9.17, 15) is 25.4 Å². The number of halogens is 1. The Morgan fingerprint density at radius 1 is 1.09 bits per heavy atom. The molecule has 2 atom stereocenters. The first kappa shape index (κ1) is 30.0. The number of rotatable bonds is 12. The third-order valence-corrected chi connectivity index (χ3v) is 7.68. The predicted octanol–water partition coefficient (Wildman–Crippen LogP) is 4.95. The van der Waals surface area contributed by atoms with Crippen LogP contribution in [0.25, 0.3) is 11.1 Å². The van der Waals surface area contributed by atoms with Crippen LogP contribution in [0, 0.1) is 11.3 Å². The maximum atomic E-state index is 11.4. The number of hydrogen-bond donors (Lipinski definition) is 4. The number of aromatic nitrogens is 1. The first-order valence-corrected chi connectivity index (χ1v) is 14.1. The number of aliphatic hydroxyl groups excluding tert-OH is 2. The number of carboxylic acid groups (broad SMARTS) is 1. The van der Waals surface area contributed by atoms with Crippen LogP contribution in [0.4, 0.5) is 0 Å². The summed E-state index contributed by atoms with van der Waals surface area (Å²) in [7, 11) is 0. The molecule has 0 radical (unpaired) electrons. The Morgan fingerprint density at radius 2 is 1.91 bits per heavy atom. The van der Waals surface area contributed by atoms with Gasteiger partial charge in [-0.05, 0) is 52.8 Å². The van der Waals surface area contributed by atoms with Crippen LogP contribution in [-0.4, -0.2) is 38.9 Å². The fourth-order valence-corrected chi connectivity index (χ4v) is 5.37. The lowest BCUT2D eigenvalue weighted by atomic mass is 9.96. The molecule has 1 aromatic heterocycles. The zero-order chi connectivity index (χ0) is 30.3. The van der Waals surface area contributed by atoms with Crippen molar-refractivity contribution in [1.29, 1.82) is 5.26 Å². The quantitative estimate of drug-likeness (QED) is 0.178. The van der Waals surface area contributed by atoms with Gasteiger partial charge in [0.25, 0.3) is 0 Å². The maximum Gasteiger partial charge on any atom is 0.323 e. The summed E-state index contributed by atoms with van der Waals surface area (Å²) >= 11 is 6.69. The number of carboxylic acids is 1. The zero-order valence-electron chi connectivity index (χ0n) is 23.2. The molecule has 0 amide bonds. The summed E-state index contributed by atoms with van der Waals surface area (Å²) in [6.45, 7) is -0.422. The van der Waals surface area contributed by atoms with E-state index in [1.807, 2.05) is 30.3 Å². The number of benzene rings is 3. The monoisotopic (exact) mass is 599 g/mol. The van der Waals surface area contributed by atoms with E-state index in [0.29, 0.717) is 33.2 Å². The third-order valence-electron chi connectivity index (χ3n) is 7.39. The van der Waals surface area contributed by atoms with Crippen molar-refractivity contribution in [2.45, 2.75) is 44.7 Å². The zero-order valence-corrected chi connectivity index (χ0v) is 23.9. The summed E-state index contributed by atoms with van der Waals surface area (Å²) in [5, 5.41) is 40.5. The van der Waals surface area contributed by atoms with Gasteiger partial charge in [-0.25, -0.2) is 0 Å². The van der Waals surface area contributed by atoms with Crippen LogP contribution in [0.5, 0.6) is 11.5 Å². The minimum atomic E-state index is -1.18. The fraction of sp³-hybridized carbons (Fsp3) is 0.242. The van der Waals surface area contributed by atoms with Gasteiger partial charge in [-0.15, -0.1) is 0 Å². The number of carbonyl (C=O) groups is 1. The first-order valence-electron chi connectivity index (χ1n) is 13.7. The van der Waals surface area contributed by atoms with Crippen LogP contribution in [0.3, 0.4) is 0 Å². The summed E-state index contributed by atoms with van der Waals surface area (Å²) in [5.74, 6) is -0.358. The average molecular weight is 600 g/mol. The summed E-state index contributed by atoms with van der Waals surface area (Å²) in [6.07, 6.45) is 4.38. The Labute approximate surface area is 253 Å². The molecule has 4 aromatic rings. The maximum absolute atomic E-state index is 11.4. The molecular weight excluding hydrogens is 570 g/mol. The van der Waals surface area contributed by atoms with Crippen molar-refractivity contribution in [3.05, 3.63) is 111 Å². The number of nitrogens with one attached hydrogen (secondary N) is 1. The van der Waals surface area contributed by atoms with Crippen molar-refractivity contribution >= 4 is 17.6 Å². The Morgan fingerprint density at radius 3 is 2.63 bits per heavy atom. The van der Waals surface area contributed by atoms with Crippen molar-refractivity contribution in [3.63, 3.8) is 0 Å². The summed E-state index contributed by atoms with van der Waals surface area (Å²) in [6, 6.07) is 19.9. The molecule has 0 saturated heterocycles. The number of ether oxygens (including phenoxy) is 2. The largest absolute Gasteiger partial charge is 0.488 e. The molecule has 1 heterocycles. The average Bonchev–Trinajstić information content (AvgIpc) is 3.44. The summed E-state index contributed by atoms with van der Waals surface area (Å²) in [5.41, 5.74) is 6.96. The lowest BCUT2D eigenvalue weighted by Crippen LogP contribution is -2.39. The number of nitrogens with zero attached hydrogens (tertiary/aromatic N) is 2. The van der Waals surface area contributed by atoms with Gasteiger partial charge in [-0.3, -0.25) is 15.1 Å². The van der Waals surface area contributed by atoms with Crippen LogP contribution in [0.1, 0.15) is 45.9 Å². The Kier molecular flexibility index (Phi) is 9.55. The lowest BCUT2D eigenvalue weighted by Gasteiger charge is -2.20. The molecule has 1 aliphatic rings.